The van der Waals surface area contributed by atoms with Gasteiger partial charge in [0.1, 0.15) is 5.75 Å². The van der Waals surface area contributed by atoms with Gasteiger partial charge in [-0.3, -0.25) is 9.59 Å². The van der Waals surface area contributed by atoms with Crippen molar-refractivity contribution >= 4 is 33.2 Å². The highest BCUT2D eigenvalue weighted by molar-refractivity contribution is 7.89. The zero-order chi connectivity index (χ0) is 24.6. The number of sulfonamides is 1. The molecule has 9 heteroatoms. The number of anilines is 2. The first-order valence-electron chi connectivity index (χ1n) is 11.6. The van der Waals surface area contributed by atoms with Gasteiger partial charge in [0.05, 0.1) is 16.5 Å². The zero-order valence-corrected chi connectivity index (χ0v) is 20.8. The summed E-state index contributed by atoms with van der Waals surface area (Å²) in [6, 6.07) is 10.8. The maximum atomic E-state index is 13.6. The molecule has 1 N–H and O–H groups in total. The van der Waals surface area contributed by atoms with Crippen LogP contribution in [0.4, 0.5) is 11.4 Å². The van der Waals surface area contributed by atoms with E-state index in [-0.39, 0.29) is 23.3 Å². The Balaban J connectivity index is 1.56. The third-order valence-corrected chi connectivity index (χ3v) is 8.58. The van der Waals surface area contributed by atoms with Crippen molar-refractivity contribution in [2.24, 2.45) is 5.92 Å². The van der Waals surface area contributed by atoms with Crippen LogP contribution in [0.25, 0.3) is 0 Å². The van der Waals surface area contributed by atoms with Crippen molar-refractivity contribution < 1.29 is 22.7 Å². The van der Waals surface area contributed by atoms with Gasteiger partial charge in [0.25, 0.3) is 5.91 Å². The number of hydrogen-bond donors (Lipinski definition) is 1. The molecule has 0 bridgehead atoms. The number of rotatable bonds is 5. The Kier molecular flexibility index (Phi) is 6.69. The van der Waals surface area contributed by atoms with Crippen molar-refractivity contribution in [1.29, 1.82) is 0 Å². The number of aryl methyl sites for hydroxylation is 2. The molecule has 8 nitrogen and oxygen atoms in total. The van der Waals surface area contributed by atoms with Crippen LogP contribution in [0.3, 0.4) is 0 Å². The molecule has 0 aromatic heterocycles. The Bertz CT molecular complexity index is 1210. The first-order chi connectivity index (χ1) is 16.1. The second-order valence-electron chi connectivity index (χ2n) is 9.05. The second-order valence-corrected chi connectivity index (χ2v) is 11.0. The molecule has 2 amide bonds. The lowest BCUT2D eigenvalue weighted by Crippen LogP contribution is -2.46. The molecule has 0 saturated carbocycles. The molecule has 2 heterocycles. The molecular formula is C25H31N3O5S. The SMILES string of the molecule is CC[C@H]1Oc2cc(S(=O)(=O)N3CCC[C@H](C(=O)N(C)c4ccc(C)cc4)C3)c(C)cc2NC1=O. The molecule has 182 valence electrons. The van der Waals surface area contributed by atoms with Crippen molar-refractivity contribution in [2.45, 2.75) is 51.0 Å². The molecule has 0 unspecified atom stereocenters. The molecule has 2 aromatic carbocycles. The Labute approximate surface area is 200 Å². The zero-order valence-electron chi connectivity index (χ0n) is 20.0. The fourth-order valence-corrected chi connectivity index (χ4v) is 6.25. The molecule has 0 radical (unpaired) electrons. The van der Waals surface area contributed by atoms with E-state index < -0.39 is 22.0 Å². The molecule has 0 aliphatic carbocycles. The number of nitrogens with zero attached hydrogens (tertiary/aromatic N) is 2. The smallest absolute Gasteiger partial charge is 0.265 e. The quantitative estimate of drug-likeness (QED) is 0.700. The molecule has 2 aliphatic rings. The van der Waals surface area contributed by atoms with Gasteiger partial charge in [-0.25, -0.2) is 8.42 Å². The van der Waals surface area contributed by atoms with Crippen LogP contribution in [0.5, 0.6) is 5.75 Å². The average Bonchev–Trinajstić information content (AvgIpc) is 2.83. The number of piperidine rings is 1. The first-order valence-corrected chi connectivity index (χ1v) is 13.0. The first kappa shape index (κ1) is 24.2. The molecule has 2 atom stereocenters. The van der Waals surface area contributed by atoms with Crippen molar-refractivity contribution in [2.75, 3.05) is 30.4 Å². The van der Waals surface area contributed by atoms with E-state index in [2.05, 4.69) is 5.32 Å². The Morgan fingerprint density at radius 3 is 2.59 bits per heavy atom. The van der Waals surface area contributed by atoms with Gasteiger partial charge in [-0.05, 0) is 56.9 Å². The van der Waals surface area contributed by atoms with Crippen LogP contribution in [0, 0.1) is 19.8 Å². The number of amides is 2. The molecule has 0 spiro atoms. The maximum Gasteiger partial charge on any atom is 0.265 e. The predicted molar refractivity (Wildman–Crippen MR) is 131 cm³/mol. The van der Waals surface area contributed by atoms with Crippen molar-refractivity contribution in [3.8, 4) is 5.75 Å². The summed E-state index contributed by atoms with van der Waals surface area (Å²) < 4.78 is 34.4. The van der Waals surface area contributed by atoms with E-state index >= 15 is 0 Å². The second kappa shape index (κ2) is 9.38. The third-order valence-electron chi connectivity index (χ3n) is 6.57. The number of nitrogens with one attached hydrogen (secondary N) is 1. The minimum Gasteiger partial charge on any atom is -0.478 e. The van der Waals surface area contributed by atoms with Crippen LogP contribution < -0.4 is 15.0 Å². The molecule has 4 rings (SSSR count). The Morgan fingerprint density at radius 2 is 1.91 bits per heavy atom. The highest BCUT2D eigenvalue weighted by Gasteiger charge is 2.36. The van der Waals surface area contributed by atoms with Gasteiger partial charge in [-0.15, -0.1) is 0 Å². The summed E-state index contributed by atoms with van der Waals surface area (Å²) in [7, 11) is -2.13. The van der Waals surface area contributed by atoms with Crippen LogP contribution in [-0.4, -0.2) is 50.8 Å². The van der Waals surface area contributed by atoms with E-state index in [0.29, 0.717) is 42.8 Å². The number of carbonyl (C=O) groups excluding carboxylic acids is 2. The summed E-state index contributed by atoms with van der Waals surface area (Å²) in [5, 5.41) is 2.79. The van der Waals surface area contributed by atoms with E-state index in [1.54, 1.807) is 24.9 Å². The number of hydrogen-bond acceptors (Lipinski definition) is 5. The number of benzene rings is 2. The highest BCUT2D eigenvalue weighted by Crippen LogP contribution is 2.37. The van der Waals surface area contributed by atoms with Crippen LogP contribution >= 0.6 is 0 Å². The molecule has 2 aliphatic heterocycles. The fourth-order valence-electron chi connectivity index (χ4n) is 4.50. The van der Waals surface area contributed by atoms with Crippen LogP contribution in [-0.2, 0) is 19.6 Å². The lowest BCUT2D eigenvalue weighted by atomic mass is 9.98. The summed E-state index contributed by atoms with van der Waals surface area (Å²) >= 11 is 0. The van der Waals surface area contributed by atoms with Gasteiger partial charge in [0.2, 0.25) is 15.9 Å². The topological polar surface area (TPSA) is 96.0 Å². The van der Waals surface area contributed by atoms with E-state index in [1.165, 1.54) is 10.4 Å². The monoisotopic (exact) mass is 485 g/mol. The standard InChI is InChI=1S/C25H31N3O5S/c1-5-21-24(29)26-20-13-17(3)23(14-22(20)33-21)34(31,32)28-12-6-7-18(15-28)25(30)27(4)19-10-8-16(2)9-11-19/h8-11,13-14,18,21H,5-7,12,15H2,1-4H3,(H,26,29)/t18-,21+/m0/s1. The molecular weight excluding hydrogens is 454 g/mol. The van der Waals surface area contributed by atoms with Gasteiger partial charge in [0.15, 0.2) is 6.10 Å². The van der Waals surface area contributed by atoms with Crippen LogP contribution in [0.1, 0.15) is 37.3 Å². The van der Waals surface area contributed by atoms with E-state index in [9.17, 15) is 18.0 Å². The maximum absolute atomic E-state index is 13.6. The minimum absolute atomic E-state index is 0.0947. The predicted octanol–water partition coefficient (Wildman–Crippen LogP) is 3.48. The van der Waals surface area contributed by atoms with Gasteiger partial charge >= 0.3 is 0 Å². The summed E-state index contributed by atoms with van der Waals surface area (Å²) in [5.74, 6) is -0.407. The third kappa shape index (κ3) is 4.54. The Morgan fingerprint density at radius 1 is 1.21 bits per heavy atom. The van der Waals surface area contributed by atoms with Crippen molar-refractivity contribution in [3.63, 3.8) is 0 Å². The number of ether oxygens (including phenoxy) is 1. The minimum atomic E-state index is -3.86. The molecule has 1 fully saturated rings. The summed E-state index contributed by atoms with van der Waals surface area (Å²) in [6.45, 7) is 6.00. The highest BCUT2D eigenvalue weighted by atomic mass is 32.2. The summed E-state index contributed by atoms with van der Waals surface area (Å²) in [5.41, 5.74) is 2.87. The van der Waals surface area contributed by atoms with Gasteiger partial charge in [-0.1, -0.05) is 24.6 Å². The lowest BCUT2D eigenvalue weighted by Gasteiger charge is -2.34. The van der Waals surface area contributed by atoms with Crippen LogP contribution in [0.15, 0.2) is 41.3 Å². The van der Waals surface area contributed by atoms with Crippen LogP contribution in [0.2, 0.25) is 0 Å². The van der Waals surface area contributed by atoms with Crippen molar-refractivity contribution in [3.05, 3.63) is 47.5 Å². The largest absolute Gasteiger partial charge is 0.478 e. The molecule has 1 saturated heterocycles. The van der Waals surface area contributed by atoms with E-state index in [4.69, 9.17) is 4.74 Å². The van der Waals surface area contributed by atoms with Gasteiger partial charge in [0, 0.05) is 31.9 Å². The normalized spacial score (nSPS) is 20.8. The number of carbonyl (C=O) groups is 2. The fraction of sp³-hybridized carbons (Fsp3) is 0.440. The molecule has 34 heavy (non-hydrogen) atoms. The summed E-state index contributed by atoms with van der Waals surface area (Å²) in [6.07, 6.45) is 1.06. The average molecular weight is 486 g/mol. The summed E-state index contributed by atoms with van der Waals surface area (Å²) in [4.78, 5) is 27.0. The lowest BCUT2D eigenvalue weighted by molar-refractivity contribution is -0.124. The Hall–Kier alpha value is -2.91. The van der Waals surface area contributed by atoms with Gasteiger partial charge < -0.3 is 15.0 Å². The van der Waals surface area contributed by atoms with Crippen molar-refractivity contribution in [1.82, 2.24) is 4.31 Å². The van der Waals surface area contributed by atoms with E-state index in [1.807, 2.05) is 38.1 Å². The number of fused-ring (bicyclic) bond motifs is 1. The van der Waals surface area contributed by atoms with Gasteiger partial charge in [-0.2, -0.15) is 4.31 Å². The molecule has 2 aromatic rings. The van der Waals surface area contributed by atoms with E-state index in [0.717, 1.165) is 11.3 Å².